The highest BCUT2D eigenvalue weighted by molar-refractivity contribution is 7.91. The minimum absolute atomic E-state index is 0.0169. The van der Waals surface area contributed by atoms with E-state index in [1.165, 1.54) is 5.56 Å². The molecule has 2 aliphatic rings. The summed E-state index contributed by atoms with van der Waals surface area (Å²) in [7, 11) is -1.25. The minimum Gasteiger partial charge on any atom is -0.340 e. The van der Waals surface area contributed by atoms with E-state index in [0.717, 1.165) is 37.7 Å². The third-order valence-corrected chi connectivity index (χ3v) is 7.74. The second-order valence-electron chi connectivity index (χ2n) is 7.62. The summed E-state index contributed by atoms with van der Waals surface area (Å²) >= 11 is 5.94. The molecule has 2 atom stereocenters. The van der Waals surface area contributed by atoms with E-state index in [-0.39, 0.29) is 29.5 Å². The standard InChI is InChI=1S/C19H28ClN3O3S/c1-15(19(24)21(2)18-7-12-27(25,26)14-18)23-10-8-22(9-11-23)13-16-3-5-17(20)6-4-16/h3-6,15,18H,7-14H2,1-2H3/t15-,18+/m1/s1. The van der Waals surface area contributed by atoms with Crippen molar-refractivity contribution in [3.63, 3.8) is 0 Å². The predicted molar refractivity (Wildman–Crippen MR) is 108 cm³/mol. The van der Waals surface area contributed by atoms with Gasteiger partial charge in [-0.1, -0.05) is 23.7 Å². The molecule has 0 aliphatic carbocycles. The molecule has 0 bridgehead atoms. The highest BCUT2D eigenvalue weighted by Crippen LogP contribution is 2.19. The van der Waals surface area contributed by atoms with Gasteiger partial charge in [-0.15, -0.1) is 0 Å². The van der Waals surface area contributed by atoms with Gasteiger partial charge in [-0.2, -0.15) is 0 Å². The summed E-state index contributed by atoms with van der Waals surface area (Å²) in [4.78, 5) is 19.0. The maximum absolute atomic E-state index is 12.8. The molecule has 1 aromatic rings. The van der Waals surface area contributed by atoms with E-state index in [0.29, 0.717) is 6.42 Å². The largest absolute Gasteiger partial charge is 0.340 e. The molecular weight excluding hydrogens is 386 g/mol. The maximum atomic E-state index is 12.8. The molecular formula is C19H28ClN3O3S. The first-order chi connectivity index (χ1) is 12.7. The molecule has 2 heterocycles. The molecule has 0 aromatic heterocycles. The van der Waals surface area contributed by atoms with Crippen molar-refractivity contribution in [2.24, 2.45) is 0 Å². The van der Waals surface area contributed by atoms with Gasteiger partial charge in [0, 0.05) is 50.8 Å². The van der Waals surface area contributed by atoms with E-state index >= 15 is 0 Å². The zero-order valence-corrected chi connectivity index (χ0v) is 17.5. The number of hydrogen-bond acceptors (Lipinski definition) is 5. The molecule has 0 unspecified atom stereocenters. The number of sulfone groups is 1. The van der Waals surface area contributed by atoms with E-state index in [4.69, 9.17) is 11.6 Å². The van der Waals surface area contributed by atoms with Gasteiger partial charge in [0.2, 0.25) is 5.91 Å². The van der Waals surface area contributed by atoms with E-state index in [1.54, 1.807) is 11.9 Å². The molecule has 0 saturated carbocycles. The van der Waals surface area contributed by atoms with Crippen molar-refractivity contribution in [3.8, 4) is 0 Å². The monoisotopic (exact) mass is 413 g/mol. The number of benzene rings is 1. The molecule has 1 aromatic carbocycles. The summed E-state index contributed by atoms with van der Waals surface area (Å²) in [5.74, 6) is 0.299. The molecule has 6 nitrogen and oxygen atoms in total. The summed E-state index contributed by atoms with van der Waals surface area (Å²) in [6.07, 6.45) is 0.548. The van der Waals surface area contributed by atoms with Gasteiger partial charge < -0.3 is 4.90 Å². The zero-order valence-electron chi connectivity index (χ0n) is 16.0. The van der Waals surface area contributed by atoms with E-state index in [1.807, 2.05) is 31.2 Å². The average molecular weight is 414 g/mol. The van der Waals surface area contributed by atoms with Crippen LogP contribution in [0.5, 0.6) is 0 Å². The smallest absolute Gasteiger partial charge is 0.239 e. The minimum atomic E-state index is -2.99. The van der Waals surface area contributed by atoms with Crippen LogP contribution in [0.4, 0.5) is 0 Å². The van der Waals surface area contributed by atoms with Crippen LogP contribution in [0, 0.1) is 0 Å². The summed E-state index contributed by atoms with van der Waals surface area (Å²) in [6.45, 7) is 6.28. The molecule has 0 spiro atoms. The molecule has 3 rings (SSSR count). The molecule has 150 valence electrons. The third-order valence-electron chi connectivity index (χ3n) is 5.74. The number of piperazine rings is 1. The van der Waals surface area contributed by atoms with Gasteiger partial charge in [0.25, 0.3) is 0 Å². The van der Waals surface area contributed by atoms with Crippen LogP contribution in [-0.2, 0) is 21.2 Å². The number of nitrogens with zero attached hydrogens (tertiary/aromatic N) is 3. The number of likely N-dealkylation sites (N-methyl/N-ethyl adjacent to an activating group) is 1. The van der Waals surface area contributed by atoms with Crippen molar-refractivity contribution in [1.82, 2.24) is 14.7 Å². The molecule has 8 heteroatoms. The maximum Gasteiger partial charge on any atom is 0.239 e. The Bertz CT molecular complexity index is 761. The fourth-order valence-corrected chi connectivity index (χ4v) is 5.77. The Kier molecular flexibility index (Phi) is 6.46. The molecule has 2 fully saturated rings. The Morgan fingerprint density at radius 3 is 2.41 bits per heavy atom. The van der Waals surface area contributed by atoms with E-state index in [2.05, 4.69) is 9.80 Å². The first-order valence-corrected chi connectivity index (χ1v) is 11.6. The number of halogens is 1. The molecule has 27 heavy (non-hydrogen) atoms. The number of carbonyl (C=O) groups excluding carboxylic acids is 1. The lowest BCUT2D eigenvalue weighted by Crippen LogP contribution is -2.55. The van der Waals surface area contributed by atoms with Crippen LogP contribution in [-0.4, -0.2) is 85.8 Å². The predicted octanol–water partition coefficient (Wildman–Crippen LogP) is 1.49. The second kappa shape index (κ2) is 8.47. The average Bonchev–Trinajstić information content (AvgIpc) is 3.02. The Morgan fingerprint density at radius 2 is 1.85 bits per heavy atom. The molecule has 1 amide bonds. The van der Waals surface area contributed by atoms with Gasteiger partial charge in [-0.05, 0) is 31.0 Å². The topological polar surface area (TPSA) is 60.9 Å². The molecule has 2 saturated heterocycles. The Balaban J connectivity index is 1.49. The van der Waals surface area contributed by atoms with Crippen LogP contribution in [0.25, 0.3) is 0 Å². The number of amides is 1. The Hall–Kier alpha value is -1.15. The summed E-state index contributed by atoms with van der Waals surface area (Å²) in [5.41, 5.74) is 1.24. The van der Waals surface area contributed by atoms with Crippen LogP contribution >= 0.6 is 11.6 Å². The first kappa shape index (κ1) is 20.6. The van der Waals surface area contributed by atoms with Crippen molar-refractivity contribution in [3.05, 3.63) is 34.9 Å². The SMILES string of the molecule is C[C@H](C(=O)N(C)[C@H]1CCS(=O)(=O)C1)N1CCN(Cc2ccc(Cl)cc2)CC1. The van der Waals surface area contributed by atoms with Crippen molar-refractivity contribution >= 4 is 27.3 Å². The van der Waals surface area contributed by atoms with Crippen LogP contribution in [0.2, 0.25) is 5.02 Å². The highest BCUT2D eigenvalue weighted by Gasteiger charge is 2.35. The zero-order chi connectivity index (χ0) is 19.6. The fraction of sp³-hybridized carbons (Fsp3) is 0.632. The van der Waals surface area contributed by atoms with Crippen molar-refractivity contribution in [1.29, 1.82) is 0 Å². The van der Waals surface area contributed by atoms with Crippen molar-refractivity contribution in [2.45, 2.75) is 32.0 Å². The van der Waals surface area contributed by atoms with Gasteiger partial charge >= 0.3 is 0 Å². The van der Waals surface area contributed by atoms with Crippen LogP contribution < -0.4 is 0 Å². The first-order valence-electron chi connectivity index (χ1n) is 9.43. The number of hydrogen-bond donors (Lipinski definition) is 0. The summed E-state index contributed by atoms with van der Waals surface area (Å²) in [5, 5.41) is 0.745. The van der Waals surface area contributed by atoms with E-state index in [9.17, 15) is 13.2 Å². The van der Waals surface area contributed by atoms with Crippen molar-refractivity contribution in [2.75, 3.05) is 44.7 Å². The lowest BCUT2D eigenvalue weighted by Gasteiger charge is -2.39. The van der Waals surface area contributed by atoms with Gasteiger partial charge in [-0.3, -0.25) is 14.6 Å². The number of carbonyl (C=O) groups is 1. The summed E-state index contributed by atoms with van der Waals surface area (Å²) in [6, 6.07) is 7.50. The normalized spacial score (nSPS) is 24.6. The van der Waals surface area contributed by atoms with Gasteiger partial charge in [0.15, 0.2) is 9.84 Å². The summed E-state index contributed by atoms with van der Waals surface area (Å²) < 4.78 is 23.4. The highest BCUT2D eigenvalue weighted by atomic mass is 35.5. The van der Waals surface area contributed by atoms with Gasteiger partial charge in [0.1, 0.15) is 0 Å². The number of rotatable bonds is 5. The van der Waals surface area contributed by atoms with Gasteiger partial charge in [-0.25, -0.2) is 8.42 Å². The Morgan fingerprint density at radius 1 is 1.22 bits per heavy atom. The fourth-order valence-electron chi connectivity index (χ4n) is 3.87. The molecule has 0 radical (unpaired) electrons. The third kappa shape index (κ3) is 5.22. The van der Waals surface area contributed by atoms with Crippen LogP contribution in [0.1, 0.15) is 18.9 Å². The van der Waals surface area contributed by atoms with Crippen LogP contribution in [0.3, 0.4) is 0 Å². The van der Waals surface area contributed by atoms with Gasteiger partial charge in [0.05, 0.1) is 17.5 Å². The lowest BCUT2D eigenvalue weighted by molar-refractivity contribution is -0.137. The van der Waals surface area contributed by atoms with Crippen molar-refractivity contribution < 1.29 is 13.2 Å². The molecule has 0 N–H and O–H groups in total. The quantitative estimate of drug-likeness (QED) is 0.732. The van der Waals surface area contributed by atoms with E-state index < -0.39 is 9.84 Å². The lowest BCUT2D eigenvalue weighted by atomic mass is 10.1. The second-order valence-corrected chi connectivity index (χ2v) is 10.3. The molecule has 2 aliphatic heterocycles. The Labute approximate surface area is 167 Å². The van der Waals surface area contributed by atoms with Crippen LogP contribution in [0.15, 0.2) is 24.3 Å².